The largest absolute Gasteiger partial charge is 0.506 e. The van der Waals surface area contributed by atoms with Crippen LogP contribution in [-0.4, -0.2) is 58.4 Å². The fourth-order valence-corrected chi connectivity index (χ4v) is 8.54. The first-order valence-corrected chi connectivity index (χ1v) is 22.6. The van der Waals surface area contributed by atoms with Gasteiger partial charge in [0.05, 0.1) is 11.4 Å². The summed E-state index contributed by atoms with van der Waals surface area (Å²) in [4.78, 5) is 52.2. The lowest BCUT2D eigenvalue weighted by molar-refractivity contribution is -0.290. The second kappa shape index (κ2) is 20.8. The number of aryl methyl sites for hydroxylation is 2. The molecule has 405 valence electrons. The van der Waals surface area contributed by atoms with E-state index in [1.54, 1.807) is 0 Å². The highest BCUT2D eigenvalue weighted by Gasteiger charge is 2.74. The van der Waals surface area contributed by atoms with Crippen molar-refractivity contribution in [1.82, 2.24) is 5.73 Å². The highest BCUT2D eigenvalue weighted by atomic mass is 19.4. The third-order valence-electron chi connectivity index (χ3n) is 12.6. The van der Waals surface area contributed by atoms with Crippen molar-refractivity contribution in [2.24, 2.45) is 0 Å². The lowest BCUT2D eigenvalue weighted by Gasteiger charge is -2.38. The van der Waals surface area contributed by atoms with Crippen LogP contribution >= 0.6 is 0 Å². The summed E-state index contributed by atoms with van der Waals surface area (Å²) in [5.74, 6) is -5.08. The van der Waals surface area contributed by atoms with Crippen LogP contribution in [0.2, 0.25) is 0 Å². The summed E-state index contributed by atoms with van der Waals surface area (Å²) in [5, 5.41) is 27.0. The van der Waals surface area contributed by atoms with E-state index in [2.05, 4.69) is 10.6 Å². The predicted octanol–water partition coefficient (Wildman–Crippen LogP) is 14.2. The Morgan fingerprint density at radius 2 is 0.769 bits per heavy atom. The van der Waals surface area contributed by atoms with E-state index in [-0.39, 0.29) is 40.4 Å². The van der Waals surface area contributed by atoms with E-state index < -0.39 is 121 Å². The lowest BCUT2D eigenvalue weighted by Crippen LogP contribution is -2.54. The van der Waals surface area contributed by atoms with Gasteiger partial charge in [-0.25, -0.2) is 0 Å². The summed E-state index contributed by atoms with van der Waals surface area (Å²) in [7, 11) is 0. The van der Waals surface area contributed by atoms with Gasteiger partial charge in [0.25, 0.3) is 17.7 Å². The zero-order valence-corrected chi connectivity index (χ0v) is 40.3. The van der Waals surface area contributed by atoms with Crippen molar-refractivity contribution in [2.75, 3.05) is 16.0 Å². The second-order valence-corrected chi connectivity index (χ2v) is 17.7. The molecule has 1 radical (unpaired) electrons. The number of rotatable bonds is 13. The molecule has 0 aliphatic heterocycles. The van der Waals surface area contributed by atoms with Gasteiger partial charge in [-0.05, 0) is 157 Å². The Kier molecular flexibility index (Phi) is 15.1. The third kappa shape index (κ3) is 10.7. The first-order chi connectivity index (χ1) is 36.3. The number of nitrogens with one attached hydrogen (secondary N) is 4. The zero-order valence-electron chi connectivity index (χ0n) is 40.3. The number of halogens is 12. The summed E-state index contributed by atoms with van der Waals surface area (Å²) in [6, 6.07) is 20.9. The predicted molar refractivity (Wildman–Crippen MR) is 260 cm³/mol. The number of Topliss-reactive ketones (excluding diaryl/α,β-unsaturated/α-hetero) is 1. The molecule has 78 heavy (non-hydrogen) atoms. The van der Waals surface area contributed by atoms with Gasteiger partial charge in [0, 0.05) is 33.6 Å². The normalized spacial score (nSPS) is 12.4. The maximum absolute atomic E-state index is 15.5. The van der Waals surface area contributed by atoms with Gasteiger partial charge >= 0.3 is 24.7 Å². The van der Waals surface area contributed by atoms with Crippen LogP contribution < -0.4 is 26.4 Å². The maximum Gasteiger partial charge on any atom is 0.411 e. The van der Waals surface area contributed by atoms with Crippen molar-refractivity contribution in [3.63, 3.8) is 0 Å². The summed E-state index contributed by atoms with van der Waals surface area (Å²) < 4.78 is 188. The van der Waals surface area contributed by atoms with Crippen molar-refractivity contribution < 1.29 is 86.8 Å². The topological polar surface area (TPSA) is 178 Å². The summed E-state index contributed by atoms with van der Waals surface area (Å²) >= 11 is 0. The molecule has 0 bridgehead atoms. The number of phenols is 2. The number of benzene rings is 7. The minimum atomic E-state index is -6.22. The summed E-state index contributed by atoms with van der Waals surface area (Å²) in [5.41, 5.74) is -11.8. The molecule has 7 aromatic rings. The fraction of sp³-hybridized carbons (Fsp3) is 0.164. The van der Waals surface area contributed by atoms with E-state index in [1.165, 1.54) is 69.3 Å². The molecule has 0 saturated carbocycles. The number of anilines is 3. The SMILES string of the molecule is CC(=O)c1ccc(Oc2ccc(C(=O)Nc3cc(C(c4ccc(O)c(NC(=O)c5cccc(C(=O)Nc6cc(C(c7ccc(O)c([NH])c7)(C(F)(F)F)C(F)(F)F)ccc6C)c5)c4)(C(F)(F)F)C(F)(F)F)ccc3C)cc2)cc1. The Labute approximate surface area is 434 Å². The molecule has 0 aromatic heterocycles. The number of amides is 3. The van der Waals surface area contributed by atoms with Gasteiger partial charge in [-0.2, -0.15) is 52.7 Å². The van der Waals surface area contributed by atoms with Crippen molar-refractivity contribution in [3.8, 4) is 23.0 Å². The molecule has 23 heteroatoms. The summed E-state index contributed by atoms with van der Waals surface area (Å²) in [6.45, 7) is 3.90. The van der Waals surface area contributed by atoms with Gasteiger partial charge in [0.15, 0.2) is 5.78 Å². The van der Waals surface area contributed by atoms with Crippen LogP contribution in [0.4, 0.5) is 75.4 Å². The van der Waals surface area contributed by atoms with E-state index in [9.17, 15) is 55.7 Å². The van der Waals surface area contributed by atoms with Gasteiger partial charge in [-0.3, -0.25) is 24.9 Å². The number of hydrogen-bond donors (Lipinski definition) is 5. The standard InChI is InChI=1S/C55H39F12N4O7/c1-28-8-14-37(26-42(28)69-47(75)32-11-19-40(20-12-32)78-39-17-9-31(10-18-39)30(3)72)51(54(62,63)64,55(65,66)67)38-16-22-46(74)44(27-38)71-49(77)34-6-4-5-33(23-34)48(76)70-43-25-36(13-7-29(43)2)50(52(56,57)58,53(59,60)61)35-15-21-45(73)41(68)24-35/h4-27,68,73-74H,1-3H3,(H,69,75)(H,70,76)(H,71,77). The molecule has 7 aromatic carbocycles. The number of carbonyl (C=O) groups excluding carboxylic acids is 4. The molecule has 0 unspecified atom stereocenters. The van der Waals surface area contributed by atoms with Crippen LogP contribution in [0.15, 0.2) is 146 Å². The van der Waals surface area contributed by atoms with Crippen LogP contribution in [-0.2, 0) is 10.8 Å². The van der Waals surface area contributed by atoms with Crippen LogP contribution in [0.5, 0.6) is 23.0 Å². The van der Waals surface area contributed by atoms with Gasteiger partial charge in [-0.15, -0.1) is 0 Å². The minimum Gasteiger partial charge on any atom is -0.506 e. The van der Waals surface area contributed by atoms with Crippen LogP contribution in [0.3, 0.4) is 0 Å². The van der Waals surface area contributed by atoms with Crippen molar-refractivity contribution >= 4 is 46.3 Å². The van der Waals surface area contributed by atoms with Gasteiger partial charge in [0.2, 0.25) is 10.8 Å². The maximum atomic E-state index is 15.5. The monoisotopic (exact) mass is 1100 g/mol. The molecule has 0 atom stereocenters. The van der Waals surface area contributed by atoms with Crippen LogP contribution in [0.1, 0.15) is 81.7 Å². The molecule has 3 amide bonds. The molecule has 0 saturated heterocycles. The highest BCUT2D eigenvalue weighted by Crippen LogP contribution is 2.59. The van der Waals surface area contributed by atoms with E-state index >= 15 is 26.3 Å². The van der Waals surface area contributed by atoms with E-state index in [1.807, 2.05) is 5.32 Å². The zero-order chi connectivity index (χ0) is 57.5. The molecule has 0 aliphatic rings. The molecule has 6 N–H and O–H groups in total. The number of phenolic OH excluding ortho intramolecular Hbond substituents is 2. The lowest BCUT2D eigenvalue weighted by atomic mass is 9.72. The number of ether oxygens (including phenoxy) is 1. The van der Waals surface area contributed by atoms with E-state index in [4.69, 9.17) is 10.5 Å². The second-order valence-electron chi connectivity index (χ2n) is 17.7. The molecular formula is C55H39F12N4O7. The number of aromatic hydroxyl groups is 2. The Morgan fingerprint density at radius 1 is 0.423 bits per heavy atom. The quantitative estimate of drug-likeness (QED) is 0.0433. The first-order valence-electron chi connectivity index (χ1n) is 22.6. The molecule has 0 spiro atoms. The Morgan fingerprint density at radius 3 is 1.17 bits per heavy atom. The Balaban J connectivity index is 1.16. The molecule has 11 nitrogen and oxygen atoms in total. The molecular weight excluding hydrogens is 1060 g/mol. The number of carbonyl (C=O) groups is 4. The van der Waals surface area contributed by atoms with Crippen LogP contribution in [0, 0.1) is 13.8 Å². The van der Waals surface area contributed by atoms with Gasteiger partial charge < -0.3 is 30.9 Å². The number of hydrogen-bond acceptors (Lipinski definition) is 7. The van der Waals surface area contributed by atoms with Crippen molar-refractivity contribution in [1.29, 1.82) is 0 Å². The first kappa shape index (κ1) is 56.7. The molecule has 0 fully saturated rings. The molecule has 0 aliphatic carbocycles. The smallest absolute Gasteiger partial charge is 0.411 e. The van der Waals surface area contributed by atoms with Crippen molar-refractivity contribution in [2.45, 2.75) is 56.3 Å². The number of alkyl halides is 12. The number of ketones is 1. The highest BCUT2D eigenvalue weighted by molar-refractivity contribution is 6.09. The Hall–Kier alpha value is -9.02. The fourth-order valence-electron chi connectivity index (χ4n) is 8.54. The average molecular weight is 1100 g/mol. The minimum absolute atomic E-state index is 0.0389. The van der Waals surface area contributed by atoms with E-state index in [0.29, 0.717) is 59.8 Å². The van der Waals surface area contributed by atoms with Gasteiger partial charge in [-0.1, -0.05) is 42.5 Å². The Bertz CT molecular complexity index is 3440. The van der Waals surface area contributed by atoms with Crippen LogP contribution in [0.25, 0.3) is 0 Å². The third-order valence-corrected chi connectivity index (χ3v) is 12.6. The van der Waals surface area contributed by atoms with Crippen molar-refractivity contribution in [3.05, 3.63) is 201 Å². The molecule has 0 heterocycles. The van der Waals surface area contributed by atoms with Gasteiger partial charge in [0.1, 0.15) is 23.0 Å². The average Bonchev–Trinajstić information content (AvgIpc) is 3.49. The molecule has 7 rings (SSSR count). The van der Waals surface area contributed by atoms with E-state index in [0.717, 1.165) is 36.4 Å². The summed E-state index contributed by atoms with van der Waals surface area (Å²) in [6.07, 6.45) is -24.7.